The fourth-order valence-corrected chi connectivity index (χ4v) is 1.49. The average molecular weight is 375 g/mol. The maximum Gasteiger partial charge on any atom is 0.511 e. The monoisotopic (exact) mass is 374 g/mol. The molecule has 1 aromatic rings. The second kappa shape index (κ2) is 9.82. The van der Waals surface area contributed by atoms with Crippen LogP contribution in [0.1, 0.15) is 24.2 Å². The molecule has 3 N–H and O–H groups in total. The molecule has 0 saturated carbocycles. The van der Waals surface area contributed by atoms with Crippen LogP contribution < -0.4 is 11.2 Å². The van der Waals surface area contributed by atoms with Crippen LogP contribution in [0, 0.1) is 0 Å². The smallest absolute Gasteiger partial charge is 0.433 e. The van der Waals surface area contributed by atoms with Crippen LogP contribution in [0.4, 0.5) is 4.79 Å². The largest absolute Gasteiger partial charge is 0.511 e. The van der Waals surface area contributed by atoms with Crippen LogP contribution in [-0.4, -0.2) is 43.6 Å². The number of nitrogens with two attached hydrogens (primary N) is 1. The van der Waals surface area contributed by atoms with E-state index in [0.717, 1.165) is 0 Å². The van der Waals surface area contributed by atoms with E-state index in [9.17, 15) is 14.4 Å². The van der Waals surface area contributed by atoms with Crippen molar-refractivity contribution in [2.75, 3.05) is 19.9 Å². The fraction of sp³-hybridized carbons (Fsp3) is 0.400. The lowest BCUT2D eigenvalue weighted by Gasteiger charge is -2.22. The van der Waals surface area contributed by atoms with Crippen molar-refractivity contribution in [1.29, 1.82) is 0 Å². The topological polar surface area (TPSA) is 126 Å². The number of hydroxylamine groups is 1. The molecule has 0 aliphatic carbocycles. The Kier molecular flexibility index (Phi) is 8.12. The van der Waals surface area contributed by atoms with Crippen molar-refractivity contribution in [2.24, 2.45) is 5.73 Å². The summed E-state index contributed by atoms with van der Waals surface area (Å²) in [6.45, 7) is 2.19. The first kappa shape index (κ1) is 20.7. The van der Waals surface area contributed by atoms with E-state index in [-0.39, 0.29) is 13.2 Å². The number of hydrogen-bond donors (Lipinski definition) is 2. The van der Waals surface area contributed by atoms with E-state index in [0.29, 0.717) is 10.6 Å². The number of rotatable bonds is 8. The summed E-state index contributed by atoms with van der Waals surface area (Å²) in [5.41, 5.74) is 6.05. The summed E-state index contributed by atoms with van der Waals surface area (Å²) in [5.74, 6) is -1.44. The first-order valence-corrected chi connectivity index (χ1v) is 7.55. The molecule has 0 atom stereocenters. The molecule has 1 amide bonds. The van der Waals surface area contributed by atoms with Crippen molar-refractivity contribution in [1.82, 2.24) is 5.48 Å². The average Bonchev–Trinajstić information content (AvgIpc) is 2.58. The summed E-state index contributed by atoms with van der Waals surface area (Å²) in [5, 5.41) is 0.478. The van der Waals surface area contributed by atoms with E-state index in [1.54, 1.807) is 0 Å². The maximum absolute atomic E-state index is 11.9. The number of amides is 1. The molecular formula is C15H19ClN2O7. The molecule has 0 heterocycles. The lowest BCUT2D eigenvalue weighted by atomic mass is 10.1. The fourth-order valence-electron chi connectivity index (χ4n) is 1.36. The van der Waals surface area contributed by atoms with E-state index in [4.69, 9.17) is 26.9 Å². The Morgan fingerprint density at radius 3 is 2.36 bits per heavy atom. The molecule has 0 spiro atoms. The van der Waals surface area contributed by atoms with Gasteiger partial charge in [0, 0.05) is 17.1 Å². The van der Waals surface area contributed by atoms with Gasteiger partial charge in [-0.25, -0.2) is 15.1 Å². The van der Waals surface area contributed by atoms with Crippen molar-refractivity contribution in [2.45, 2.75) is 19.4 Å². The third-order valence-corrected chi connectivity index (χ3v) is 2.95. The summed E-state index contributed by atoms with van der Waals surface area (Å²) >= 11 is 5.73. The molecule has 0 aliphatic rings. The van der Waals surface area contributed by atoms with Crippen molar-refractivity contribution in [3.63, 3.8) is 0 Å². The highest BCUT2D eigenvalue weighted by Crippen LogP contribution is 2.12. The minimum Gasteiger partial charge on any atom is -0.433 e. The Labute approximate surface area is 149 Å². The SMILES string of the molecule is CC(C)(ONC(=O)c1ccc(Cl)cc1)C(=O)OCOC(=O)OCCN. The van der Waals surface area contributed by atoms with Gasteiger partial charge in [0.05, 0.1) is 0 Å². The summed E-state index contributed by atoms with van der Waals surface area (Å²) in [4.78, 5) is 39.9. The zero-order valence-corrected chi connectivity index (χ0v) is 14.5. The highest BCUT2D eigenvalue weighted by Gasteiger charge is 2.32. The number of benzene rings is 1. The Bertz CT molecular complexity index is 604. The molecule has 0 fully saturated rings. The number of carbonyl (C=O) groups excluding carboxylic acids is 3. The molecule has 0 aromatic heterocycles. The first-order chi connectivity index (χ1) is 11.8. The predicted octanol–water partition coefficient (Wildman–Crippen LogP) is 1.39. The van der Waals surface area contributed by atoms with E-state index < -0.39 is 30.4 Å². The van der Waals surface area contributed by atoms with Crippen LogP contribution >= 0.6 is 11.6 Å². The molecule has 9 nitrogen and oxygen atoms in total. The Balaban J connectivity index is 2.40. The van der Waals surface area contributed by atoms with Gasteiger partial charge >= 0.3 is 12.1 Å². The van der Waals surface area contributed by atoms with Gasteiger partial charge in [0.2, 0.25) is 6.79 Å². The number of carbonyl (C=O) groups is 3. The molecule has 1 aromatic carbocycles. The first-order valence-electron chi connectivity index (χ1n) is 7.17. The number of halogens is 1. The highest BCUT2D eigenvalue weighted by molar-refractivity contribution is 6.30. The summed E-state index contributed by atoms with van der Waals surface area (Å²) in [7, 11) is 0. The molecular weight excluding hydrogens is 356 g/mol. The van der Waals surface area contributed by atoms with Gasteiger partial charge in [0.25, 0.3) is 5.91 Å². The van der Waals surface area contributed by atoms with E-state index in [1.807, 2.05) is 0 Å². The zero-order valence-electron chi connectivity index (χ0n) is 13.7. The standard InChI is InChI=1S/C15H19ClN2O7/c1-15(2,13(20)23-9-24-14(21)22-8-7-17)25-18-12(19)10-3-5-11(16)6-4-10/h3-6H,7-9,17H2,1-2H3,(H,18,19). The van der Waals surface area contributed by atoms with E-state index >= 15 is 0 Å². The van der Waals surface area contributed by atoms with Crippen LogP contribution in [0.3, 0.4) is 0 Å². The van der Waals surface area contributed by atoms with Crippen LogP contribution in [0.15, 0.2) is 24.3 Å². The number of hydrogen-bond acceptors (Lipinski definition) is 8. The maximum atomic E-state index is 11.9. The van der Waals surface area contributed by atoms with Crippen LogP contribution in [-0.2, 0) is 23.8 Å². The molecule has 0 saturated heterocycles. The second-order valence-corrected chi connectivity index (χ2v) is 5.57. The van der Waals surface area contributed by atoms with Crippen molar-refractivity contribution >= 4 is 29.6 Å². The van der Waals surface area contributed by atoms with Gasteiger partial charge in [0.1, 0.15) is 6.61 Å². The number of nitrogens with one attached hydrogen (secondary N) is 1. The van der Waals surface area contributed by atoms with Gasteiger partial charge in [-0.05, 0) is 38.1 Å². The molecule has 0 bridgehead atoms. The van der Waals surface area contributed by atoms with Crippen LogP contribution in [0.2, 0.25) is 5.02 Å². The van der Waals surface area contributed by atoms with Crippen molar-refractivity contribution in [3.8, 4) is 0 Å². The zero-order chi connectivity index (χ0) is 18.9. The van der Waals surface area contributed by atoms with Gasteiger partial charge in [-0.15, -0.1) is 0 Å². The van der Waals surface area contributed by atoms with Gasteiger partial charge in [-0.3, -0.25) is 9.63 Å². The molecule has 1 rings (SSSR count). The van der Waals surface area contributed by atoms with Crippen molar-refractivity contribution in [3.05, 3.63) is 34.9 Å². The normalized spacial score (nSPS) is 10.7. The summed E-state index contributed by atoms with van der Waals surface area (Å²) in [6.07, 6.45) is -1.02. The number of ether oxygens (including phenoxy) is 3. The van der Waals surface area contributed by atoms with E-state index in [2.05, 4.69) is 15.0 Å². The predicted molar refractivity (Wildman–Crippen MR) is 86.5 cm³/mol. The number of esters is 1. The highest BCUT2D eigenvalue weighted by atomic mass is 35.5. The van der Waals surface area contributed by atoms with Gasteiger partial charge in [-0.2, -0.15) is 0 Å². The molecule has 25 heavy (non-hydrogen) atoms. The third kappa shape index (κ3) is 7.38. The van der Waals surface area contributed by atoms with Crippen LogP contribution in [0.5, 0.6) is 0 Å². The Morgan fingerprint density at radius 2 is 1.76 bits per heavy atom. The molecule has 138 valence electrons. The quantitative estimate of drug-likeness (QED) is 0.397. The van der Waals surface area contributed by atoms with E-state index in [1.165, 1.54) is 38.1 Å². The molecule has 10 heteroatoms. The van der Waals surface area contributed by atoms with Gasteiger partial charge in [-0.1, -0.05) is 11.6 Å². The minimum absolute atomic E-state index is 0.0158. The second-order valence-electron chi connectivity index (χ2n) is 5.13. The Hall–Kier alpha value is -2.36. The third-order valence-electron chi connectivity index (χ3n) is 2.70. The van der Waals surface area contributed by atoms with Crippen LogP contribution in [0.25, 0.3) is 0 Å². The Morgan fingerprint density at radius 1 is 1.12 bits per heavy atom. The lowest BCUT2D eigenvalue weighted by Crippen LogP contribution is -2.43. The lowest BCUT2D eigenvalue weighted by molar-refractivity contribution is -0.183. The minimum atomic E-state index is -1.52. The molecule has 0 unspecified atom stereocenters. The summed E-state index contributed by atoms with van der Waals surface area (Å²) in [6, 6.07) is 6.06. The molecule has 0 aliphatic heterocycles. The van der Waals surface area contributed by atoms with Gasteiger partial charge < -0.3 is 19.9 Å². The van der Waals surface area contributed by atoms with Gasteiger partial charge in [0.15, 0.2) is 5.60 Å². The molecule has 0 radical (unpaired) electrons. The van der Waals surface area contributed by atoms with Crippen molar-refractivity contribution < 1.29 is 33.4 Å². The summed E-state index contributed by atoms with van der Waals surface area (Å²) < 4.78 is 13.7.